The van der Waals surface area contributed by atoms with Crippen molar-refractivity contribution < 1.29 is 5.11 Å². The van der Waals surface area contributed by atoms with Crippen molar-refractivity contribution in [3.05, 3.63) is 0 Å². The van der Waals surface area contributed by atoms with E-state index in [4.69, 9.17) is 0 Å². The molecule has 2 saturated carbocycles. The number of rotatable bonds is 0. The first-order valence-corrected chi connectivity index (χ1v) is 6.03. The van der Waals surface area contributed by atoms with Crippen molar-refractivity contribution in [1.82, 2.24) is 0 Å². The highest BCUT2D eigenvalue weighted by Gasteiger charge is 2.38. The molecule has 1 nitrogen and oxygen atoms in total. The van der Waals surface area contributed by atoms with Crippen LogP contribution in [0.2, 0.25) is 0 Å². The normalized spacial score (nSPS) is 48.5. The Morgan fingerprint density at radius 3 is 2.25 bits per heavy atom. The third-order valence-electron chi connectivity index (χ3n) is 3.57. The third kappa shape index (κ3) is 1.56. The first-order valence-electron chi connectivity index (χ1n) is 5.11. The summed E-state index contributed by atoms with van der Waals surface area (Å²) in [5, 5.41) is 9.80. The minimum absolute atomic E-state index is 0.00380. The van der Waals surface area contributed by atoms with Gasteiger partial charge in [-0.05, 0) is 37.5 Å². The van der Waals surface area contributed by atoms with Gasteiger partial charge in [-0.3, -0.25) is 0 Å². The Morgan fingerprint density at radius 2 is 1.58 bits per heavy atom. The summed E-state index contributed by atoms with van der Waals surface area (Å²) < 4.78 is 0. The molecule has 4 atom stereocenters. The van der Waals surface area contributed by atoms with Gasteiger partial charge in [-0.25, -0.2) is 0 Å². The Morgan fingerprint density at radius 1 is 0.917 bits per heavy atom. The Hall–Kier alpha value is 0.440. The number of halogens is 1. The molecule has 0 amide bonds. The van der Waals surface area contributed by atoms with Crippen LogP contribution in [-0.2, 0) is 0 Å². The maximum Gasteiger partial charge on any atom is 0.0571 e. The quantitative estimate of drug-likeness (QED) is 0.638. The van der Waals surface area contributed by atoms with Crippen LogP contribution in [0.15, 0.2) is 0 Å². The van der Waals surface area contributed by atoms with Gasteiger partial charge in [0.2, 0.25) is 0 Å². The van der Waals surface area contributed by atoms with E-state index >= 15 is 0 Å². The van der Waals surface area contributed by atoms with Crippen molar-refractivity contribution >= 4 is 15.9 Å². The van der Waals surface area contributed by atoms with Crippen LogP contribution in [0.4, 0.5) is 0 Å². The summed E-state index contributed by atoms with van der Waals surface area (Å²) >= 11 is 3.75. The predicted molar refractivity (Wildman–Crippen MR) is 53.4 cm³/mol. The van der Waals surface area contributed by atoms with Crippen LogP contribution in [0.1, 0.15) is 38.5 Å². The van der Waals surface area contributed by atoms with E-state index in [0.717, 1.165) is 12.3 Å². The van der Waals surface area contributed by atoms with E-state index in [1.807, 2.05) is 0 Å². The molecule has 2 rings (SSSR count). The number of hydrogen-bond donors (Lipinski definition) is 1. The van der Waals surface area contributed by atoms with Crippen LogP contribution >= 0.6 is 15.9 Å². The molecule has 0 bridgehead atoms. The van der Waals surface area contributed by atoms with Crippen molar-refractivity contribution in [3.8, 4) is 0 Å². The lowest BCUT2D eigenvalue weighted by Gasteiger charge is -2.42. The van der Waals surface area contributed by atoms with Gasteiger partial charge in [-0.1, -0.05) is 28.8 Å². The van der Waals surface area contributed by atoms with Gasteiger partial charge in [0.15, 0.2) is 0 Å². The van der Waals surface area contributed by atoms with Crippen LogP contribution < -0.4 is 0 Å². The zero-order valence-corrected chi connectivity index (χ0v) is 8.96. The number of aliphatic hydroxyl groups excluding tert-OH is 1. The van der Waals surface area contributed by atoms with Gasteiger partial charge >= 0.3 is 0 Å². The van der Waals surface area contributed by atoms with E-state index in [0.29, 0.717) is 10.7 Å². The Bertz CT molecular complexity index is 142. The summed E-state index contributed by atoms with van der Waals surface area (Å²) in [6.07, 6.45) is 7.47. The summed E-state index contributed by atoms with van der Waals surface area (Å²) in [5.41, 5.74) is 0. The molecule has 1 N–H and O–H groups in total. The van der Waals surface area contributed by atoms with E-state index in [1.165, 1.54) is 32.1 Å². The lowest BCUT2D eigenvalue weighted by atomic mass is 9.69. The molecular weight excluding hydrogens is 216 g/mol. The molecule has 70 valence electrons. The van der Waals surface area contributed by atoms with Crippen LogP contribution in [0.25, 0.3) is 0 Å². The first-order chi connectivity index (χ1) is 5.79. The van der Waals surface area contributed by atoms with Crippen LogP contribution in [0.3, 0.4) is 0 Å². The molecule has 2 heteroatoms. The minimum Gasteiger partial charge on any atom is -0.393 e. The largest absolute Gasteiger partial charge is 0.393 e. The molecule has 0 radical (unpaired) electrons. The van der Waals surface area contributed by atoms with Crippen molar-refractivity contribution in [2.45, 2.75) is 49.5 Å². The highest BCUT2D eigenvalue weighted by Crippen LogP contribution is 2.43. The maximum atomic E-state index is 9.80. The van der Waals surface area contributed by atoms with Gasteiger partial charge < -0.3 is 5.11 Å². The Balaban J connectivity index is 2.05. The van der Waals surface area contributed by atoms with Crippen molar-refractivity contribution in [1.29, 1.82) is 0 Å². The van der Waals surface area contributed by atoms with E-state index in [2.05, 4.69) is 15.9 Å². The number of fused-ring (bicyclic) bond motifs is 1. The van der Waals surface area contributed by atoms with Crippen LogP contribution in [0, 0.1) is 11.8 Å². The number of aliphatic hydroxyl groups is 1. The molecule has 12 heavy (non-hydrogen) atoms. The Labute approximate surface area is 82.7 Å². The molecule has 0 aromatic heterocycles. The maximum absolute atomic E-state index is 9.80. The molecule has 0 aromatic rings. The predicted octanol–water partition coefficient (Wildman–Crippen LogP) is 2.71. The number of alkyl halides is 1. The summed E-state index contributed by atoms with van der Waals surface area (Å²) in [6.45, 7) is 0. The minimum atomic E-state index is 0.00380. The number of hydrogen-bond acceptors (Lipinski definition) is 1. The first kappa shape index (κ1) is 9.01. The highest BCUT2D eigenvalue weighted by molar-refractivity contribution is 9.09. The molecule has 2 aliphatic carbocycles. The lowest BCUT2D eigenvalue weighted by molar-refractivity contribution is 0.0150. The molecule has 2 aliphatic rings. The second kappa shape index (κ2) is 3.67. The van der Waals surface area contributed by atoms with E-state index in [1.54, 1.807) is 0 Å². The summed E-state index contributed by atoms with van der Waals surface area (Å²) in [4.78, 5) is 0.686. The van der Waals surface area contributed by atoms with E-state index in [9.17, 15) is 5.11 Å². The lowest BCUT2D eigenvalue weighted by Crippen LogP contribution is -2.40. The fourth-order valence-corrected chi connectivity index (χ4v) is 3.79. The van der Waals surface area contributed by atoms with Gasteiger partial charge in [-0.2, -0.15) is 0 Å². The fourth-order valence-electron chi connectivity index (χ4n) is 2.87. The smallest absolute Gasteiger partial charge is 0.0571 e. The fraction of sp³-hybridized carbons (Fsp3) is 1.00. The summed E-state index contributed by atoms with van der Waals surface area (Å²) in [6, 6.07) is 0. The molecule has 0 aromatic carbocycles. The molecule has 0 aliphatic heterocycles. The molecule has 0 saturated heterocycles. The molecule has 2 unspecified atom stereocenters. The van der Waals surface area contributed by atoms with Crippen LogP contribution in [-0.4, -0.2) is 16.0 Å². The second-order valence-corrected chi connectivity index (χ2v) is 5.45. The van der Waals surface area contributed by atoms with Gasteiger partial charge in [0.1, 0.15) is 0 Å². The third-order valence-corrected chi connectivity index (χ3v) is 4.71. The average molecular weight is 233 g/mol. The van der Waals surface area contributed by atoms with Gasteiger partial charge in [0, 0.05) is 4.83 Å². The summed E-state index contributed by atoms with van der Waals surface area (Å²) in [7, 11) is 0. The van der Waals surface area contributed by atoms with Gasteiger partial charge in [0.05, 0.1) is 6.10 Å². The molecular formula is C10H17BrO. The summed E-state index contributed by atoms with van der Waals surface area (Å²) in [5.74, 6) is 1.37. The Kier molecular flexibility index (Phi) is 2.75. The standard InChI is InChI=1S/C10H17BrO/c11-9-5-6-10(12)8-4-2-1-3-7(8)9/h7-10,12H,1-6H2/t7?,8?,9-,10-/m0/s1. The van der Waals surface area contributed by atoms with Gasteiger partial charge in [-0.15, -0.1) is 0 Å². The second-order valence-electron chi connectivity index (χ2n) is 4.27. The molecule has 0 heterocycles. The van der Waals surface area contributed by atoms with Crippen molar-refractivity contribution in [2.75, 3.05) is 0 Å². The van der Waals surface area contributed by atoms with Crippen molar-refractivity contribution in [2.24, 2.45) is 11.8 Å². The van der Waals surface area contributed by atoms with E-state index < -0.39 is 0 Å². The zero-order valence-electron chi connectivity index (χ0n) is 7.38. The van der Waals surface area contributed by atoms with E-state index in [-0.39, 0.29) is 6.10 Å². The van der Waals surface area contributed by atoms with Crippen LogP contribution in [0.5, 0.6) is 0 Å². The van der Waals surface area contributed by atoms with Gasteiger partial charge in [0.25, 0.3) is 0 Å². The average Bonchev–Trinajstić information content (AvgIpc) is 2.12. The molecule has 0 spiro atoms. The molecule has 2 fully saturated rings. The topological polar surface area (TPSA) is 20.2 Å². The monoisotopic (exact) mass is 232 g/mol. The SMILES string of the molecule is O[C@H]1CC[C@H](Br)C2CCCCC21. The highest BCUT2D eigenvalue weighted by atomic mass is 79.9. The zero-order chi connectivity index (χ0) is 8.55. The van der Waals surface area contributed by atoms with Crippen molar-refractivity contribution in [3.63, 3.8) is 0 Å².